The monoisotopic (exact) mass is 410 g/mol. The highest BCUT2D eigenvalue weighted by molar-refractivity contribution is 6.03. The molecule has 2 aliphatic rings. The molecule has 0 aromatic heterocycles. The first-order valence-electron chi connectivity index (χ1n) is 10.2. The lowest BCUT2D eigenvalue weighted by atomic mass is 9.98. The molecule has 0 bridgehead atoms. The van der Waals surface area contributed by atoms with Gasteiger partial charge in [0.25, 0.3) is 5.91 Å². The van der Waals surface area contributed by atoms with Crippen LogP contribution in [0.1, 0.15) is 23.6 Å². The number of piperazine rings is 1. The van der Waals surface area contributed by atoms with Crippen LogP contribution in [0.5, 0.6) is 5.75 Å². The van der Waals surface area contributed by atoms with Crippen LogP contribution in [0.2, 0.25) is 0 Å². The van der Waals surface area contributed by atoms with E-state index in [1.807, 2.05) is 30.3 Å². The predicted molar refractivity (Wildman–Crippen MR) is 114 cm³/mol. The zero-order valence-electron chi connectivity index (χ0n) is 17.4. The molecule has 0 radical (unpaired) electrons. The fourth-order valence-corrected chi connectivity index (χ4v) is 3.94. The summed E-state index contributed by atoms with van der Waals surface area (Å²) >= 11 is 0. The number of nitrogens with zero attached hydrogens (tertiary/aromatic N) is 4. The van der Waals surface area contributed by atoms with Crippen molar-refractivity contribution >= 4 is 11.6 Å². The van der Waals surface area contributed by atoms with Crippen LogP contribution in [-0.2, 0) is 4.79 Å². The highest BCUT2D eigenvalue weighted by atomic mass is 19.1. The zero-order chi connectivity index (χ0) is 21.1. The molecule has 0 saturated carbocycles. The SMILES string of the molecule is COc1ccc(C2=NN(C(=O)CN3CCN(C)CC3)[C@H](c3cccc(F)c3)C2)cc1. The summed E-state index contributed by atoms with van der Waals surface area (Å²) in [6.45, 7) is 3.92. The Morgan fingerprint density at radius 2 is 1.87 bits per heavy atom. The molecule has 0 spiro atoms. The molecule has 2 aliphatic heterocycles. The van der Waals surface area contributed by atoms with Crippen molar-refractivity contribution < 1.29 is 13.9 Å². The number of benzene rings is 2. The Morgan fingerprint density at radius 1 is 1.13 bits per heavy atom. The summed E-state index contributed by atoms with van der Waals surface area (Å²) in [5.41, 5.74) is 2.51. The standard InChI is InChI=1S/C23H27FN4O2/c1-26-10-12-27(13-11-26)16-23(29)28-22(18-4-3-5-19(24)14-18)15-21(25-28)17-6-8-20(30-2)9-7-17/h3-9,14,22H,10-13,15-16H2,1-2H3/t22-/m0/s1. The van der Waals surface area contributed by atoms with Crippen molar-refractivity contribution in [3.8, 4) is 5.75 Å². The highest BCUT2D eigenvalue weighted by Gasteiger charge is 2.34. The molecule has 1 atom stereocenters. The van der Waals surface area contributed by atoms with Crippen molar-refractivity contribution in [2.45, 2.75) is 12.5 Å². The van der Waals surface area contributed by atoms with E-state index in [4.69, 9.17) is 4.74 Å². The van der Waals surface area contributed by atoms with E-state index in [2.05, 4.69) is 21.9 Å². The molecule has 2 aromatic carbocycles. The molecule has 1 saturated heterocycles. The molecule has 6 nitrogen and oxygen atoms in total. The largest absolute Gasteiger partial charge is 0.497 e. The second-order valence-electron chi connectivity index (χ2n) is 7.87. The fourth-order valence-electron chi connectivity index (χ4n) is 3.94. The van der Waals surface area contributed by atoms with Crippen LogP contribution in [0.3, 0.4) is 0 Å². The van der Waals surface area contributed by atoms with Gasteiger partial charge in [0.2, 0.25) is 0 Å². The lowest BCUT2D eigenvalue weighted by Gasteiger charge is -2.33. The third-order valence-electron chi connectivity index (χ3n) is 5.78. The van der Waals surface area contributed by atoms with Gasteiger partial charge >= 0.3 is 0 Å². The lowest BCUT2D eigenvalue weighted by Crippen LogP contribution is -2.48. The number of hydrazone groups is 1. The van der Waals surface area contributed by atoms with Crippen molar-refractivity contribution in [1.82, 2.24) is 14.8 Å². The van der Waals surface area contributed by atoms with Gasteiger partial charge in [-0.15, -0.1) is 0 Å². The molecule has 1 fully saturated rings. The lowest BCUT2D eigenvalue weighted by molar-refractivity contribution is -0.134. The number of halogens is 1. The molecule has 30 heavy (non-hydrogen) atoms. The Hall–Kier alpha value is -2.77. The van der Waals surface area contributed by atoms with E-state index < -0.39 is 0 Å². The minimum atomic E-state index is -0.308. The molecule has 2 heterocycles. The molecular formula is C23H27FN4O2. The minimum absolute atomic E-state index is 0.0580. The maximum atomic E-state index is 13.9. The van der Waals surface area contributed by atoms with Crippen molar-refractivity contribution in [2.75, 3.05) is 46.9 Å². The quantitative estimate of drug-likeness (QED) is 0.761. The van der Waals surface area contributed by atoms with E-state index >= 15 is 0 Å². The predicted octanol–water partition coefficient (Wildman–Crippen LogP) is 2.76. The number of hydrogen-bond acceptors (Lipinski definition) is 5. The first kappa shape index (κ1) is 20.5. The van der Waals surface area contributed by atoms with Crippen molar-refractivity contribution in [3.05, 3.63) is 65.5 Å². The van der Waals surface area contributed by atoms with Crippen LogP contribution in [-0.4, -0.2) is 73.3 Å². The van der Waals surface area contributed by atoms with Gasteiger partial charge in [-0.3, -0.25) is 9.69 Å². The maximum absolute atomic E-state index is 13.9. The van der Waals surface area contributed by atoms with E-state index in [9.17, 15) is 9.18 Å². The van der Waals surface area contributed by atoms with Gasteiger partial charge in [-0.05, 0) is 54.6 Å². The number of ether oxygens (including phenoxy) is 1. The average Bonchev–Trinajstić information content (AvgIpc) is 3.21. The molecular weight excluding hydrogens is 383 g/mol. The Labute approximate surface area is 176 Å². The molecule has 0 unspecified atom stereocenters. The average molecular weight is 410 g/mol. The number of carbonyl (C=O) groups is 1. The van der Waals surface area contributed by atoms with Gasteiger partial charge in [-0.25, -0.2) is 9.40 Å². The molecule has 0 N–H and O–H groups in total. The zero-order valence-corrected chi connectivity index (χ0v) is 17.4. The first-order valence-corrected chi connectivity index (χ1v) is 10.2. The maximum Gasteiger partial charge on any atom is 0.257 e. The third kappa shape index (κ3) is 4.52. The smallest absolute Gasteiger partial charge is 0.257 e. The second-order valence-corrected chi connectivity index (χ2v) is 7.87. The molecule has 158 valence electrons. The van der Waals surface area contributed by atoms with Crippen LogP contribution in [0.4, 0.5) is 4.39 Å². The Kier molecular flexibility index (Phi) is 6.11. The summed E-state index contributed by atoms with van der Waals surface area (Å²) in [4.78, 5) is 17.6. The van der Waals surface area contributed by atoms with Crippen LogP contribution >= 0.6 is 0 Å². The van der Waals surface area contributed by atoms with Gasteiger partial charge in [0.05, 0.1) is 25.4 Å². The number of amides is 1. The molecule has 0 aliphatic carbocycles. The first-order chi connectivity index (χ1) is 14.5. The van der Waals surface area contributed by atoms with Gasteiger partial charge in [0.1, 0.15) is 11.6 Å². The summed E-state index contributed by atoms with van der Waals surface area (Å²) in [5, 5.41) is 6.23. The van der Waals surface area contributed by atoms with Gasteiger partial charge in [-0.2, -0.15) is 5.10 Å². The summed E-state index contributed by atoms with van der Waals surface area (Å²) in [6.07, 6.45) is 0.546. The van der Waals surface area contributed by atoms with Crippen molar-refractivity contribution in [2.24, 2.45) is 5.10 Å². The van der Waals surface area contributed by atoms with Gasteiger partial charge in [0, 0.05) is 32.6 Å². The minimum Gasteiger partial charge on any atom is -0.497 e. The number of methoxy groups -OCH3 is 1. The van der Waals surface area contributed by atoms with Crippen LogP contribution in [0.25, 0.3) is 0 Å². The van der Waals surface area contributed by atoms with E-state index in [-0.39, 0.29) is 17.8 Å². The van der Waals surface area contributed by atoms with E-state index in [1.165, 1.54) is 12.1 Å². The second kappa shape index (κ2) is 8.93. The fraction of sp³-hybridized carbons (Fsp3) is 0.391. The summed E-state index contributed by atoms with van der Waals surface area (Å²) in [6, 6.07) is 13.8. The van der Waals surface area contributed by atoms with E-state index in [0.29, 0.717) is 13.0 Å². The number of rotatable bonds is 5. The topological polar surface area (TPSA) is 48.4 Å². The van der Waals surface area contributed by atoms with Crippen LogP contribution in [0, 0.1) is 5.82 Å². The van der Waals surface area contributed by atoms with Gasteiger partial charge in [0.15, 0.2) is 0 Å². The molecule has 2 aromatic rings. The van der Waals surface area contributed by atoms with E-state index in [1.54, 1.807) is 18.2 Å². The van der Waals surface area contributed by atoms with Crippen molar-refractivity contribution in [1.29, 1.82) is 0 Å². The Bertz CT molecular complexity index is 923. The normalized spacial score (nSPS) is 20.3. The van der Waals surface area contributed by atoms with E-state index in [0.717, 1.165) is 48.8 Å². The molecule has 1 amide bonds. The summed E-state index contributed by atoms with van der Waals surface area (Å²) in [7, 11) is 3.71. The van der Waals surface area contributed by atoms with Crippen LogP contribution in [0.15, 0.2) is 53.6 Å². The number of hydrogen-bond donors (Lipinski definition) is 0. The number of likely N-dealkylation sites (N-methyl/N-ethyl adjacent to an activating group) is 1. The Morgan fingerprint density at radius 3 is 2.53 bits per heavy atom. The number of carbonyl (C=O) groups excluding carboxylic acids is 1. The van der Waals surface area contributed by atoms with Crippen LogP contribution < -0.4 is 4.74 Å². The summed E-state index contributed by atoms with van der Waals surface area (Å²) in [5.74, 6) is 0.399. The molecule has 4 rings (SSSR count). The van der Waals surface area contributed by atoms with Gasteiger partial charge in [-0.1, -0.05) is 12.1 Å². The summed E-state index contributed by atoms with van der Waals surface area (Å²) < 4.78 is 19.1. The van der Waals surface area contributed by atoms with Crippen molar-refractivity contribution in [3.63, 3.8) is 0 Å². The third-order valence-corrected chi connectivity index (χ3v) is 5.78. The molecule has 7 heteroatoms. The Balaban J connectivity index is 1.58. The highest BCUT2D eigenvalue weighted by Crippen LogP contribution is 2.33. The van der Waals surface area contributed by atoms with Gasteiger partial charge < -0.3 is 9.64 Å².